The number of amides is 1. The van der Waals surface area contributed by atoms with Gasteiger partial charge in [-0.1, -0.05) is 50.2 Å². The Morgan fingerprint density at radius 1 is 1.10 bits per heavy atom. The van der Waals surface area contributed by atoms with Crippen LogP contribution in [0.4, 0.5) is 5.69 Å². The third kappa shape index (κ3) is 5.24. The van der Waals surface area contributed by atoms with E-state index in [-0.39, 0.29) is 11.7 Å². The van der Waals surface area contributed by atoms with Gasteiger partial charge in [0.1, 0.15) is 5.84 Å². The first-order chi connectivity index (χ1) is 14.0. The number of rotatable bonds is 8. The second-order valence-electron chi connectivity index (χ2n) is 7.68. The van der Waals surface area contributed by atoms with Crippen molar-refractivity contribution in [3.63, 3.8) is 0 Å². The van der Waals surface area contributed by atoms with Crippen LogP contribution in [0.15, 0.2) is 42.5 Å². The van der Waals surface area contributed by atoms with Gasteiger partial charge in [0.2, 0.25) is 5.91 Å². The maximum atomic E-state index is 12.9. The summed E-state index contributed by atoms with van der Waals surface area (Å²) in [6.45, 7) is 8.23. The molecular formula is C24H32N4O. The standard InChI is InChI=1S/C24H32N4O/c1-3-27(4-2)17-19-9-13-22-21(16-19)6-5-15-28(22)23(29)14-10-18-7-11-20(12-8-18)24(25)26/h7-9,11-13,16H,3-6,10,14-15,17H2,1-2H3,(H3,25,26). The number of fused-ring (bicyclic) bond motifs is 1. The lowest BCUT2D eigenvalue weighted by Gasteiger charge is -2.30. The third-order valence-electron chi connectivity index (χ3n) is 5.76. The SMILES string of the molecule is CCN(CC)Cc1ccc2c(c1)CCCN2C(=O)CCc1ccc(C(=N)N)cc1. The van der Waals surface area contributed by atoms with E-state index in [0.717, 1.165) is 50.3 Å². The molecule has 0 atom stereocenters. The molecule has 154 valence electrons. The zero-order valence-corrected chi connectivity index (χ0v) is 17.6. The Balaban J connectivity index is 1.65. The van der Waals surface area contributed by atoms with Crippen molar-refractivity contribution in [2.24, 2.45) is 5.73 Å². The fourth-order valence-corrected chi connectivity index (χ4v) is 3.95. The van der Waals surface area contributed by atoms with Crippen molar-refractivity contribution in [3.8, 4) is 0 Å². The van der Waals surface area contributed by atoms with E-state index in [9.17, 15) is 4.79 Å². The van der Waals surface area contributed by atoms with Crippen LogP contribution in [0, 0.1) is 5.41 Å². The topological polar surface area (TPSA) is 73.4 Å². The smallest absolute Gasteiger partial charge is 0.227 e. The number of carbonyl (C=O) groups excluding carboxylic acids is 1. The minimum absolute atomic E-state index is 0.0675. The number of hydrogen-bond acceptors (Lipinski definition) is 3. The van der Waals surface area contributed by atoms with E-state index in [1.807, 2.05) is 29.2 Å². The molecule has 2 aromatic rings. The number of benzene rings is 2. The molecule has 5 nitrogen and oxygen atoms in total. The van der Waals surface area contributed by atoms with Crippen molar-refractivity contribution < 1.29 is 4.79 Å². The lowest BCUT2D eigenvalue weighted by molar-refractivity contribution is -0.118. The first-order valence-electron chi connectivity index (χ1n) is 10.6. The predicted molar refractivity (Wildman–Crippen MR) is 120 cm³/mol. The van der Waals surface area contributed by atoms with Crippen molar-refractivity contribution in [2.75, 3.05) is 24.5 Å². The number of nitrogen functional groups attached to an aromatic ring is 1. The third-order valence-corrected chi connectivity index (χ3v) is 5.76. The fraction of sp³-hybridized carbons (Fsp3) is 0.417. The first-order valence-corrected chi connectivity index (χ1v) is 10.6. The highest BCUT2D eigenvalue weighted by Gasteiger charge is 2.22. The number of carbonyl (C=O) groups is 1. The monoisotopic (exact) mass is 392 g/mol. The average Bonchev–Trinajstić information content (AvgIpc) is 2.75. The quantitative estimate of drug-likeness (QED) is 0.531. The van der Waals surface area contributed by atoms with Gasteiger partial charge in [-0.2, -0.15) is 0 Å². The summed E-state index contributed by atoms with van der Waals surface area (Å²) in [5.74, 6) is 0.246. The van der Waals surface area contributed by atoms with E-state index in [0.29, 0.717) is 18.4 Å². The highest BCUT2D eigenvalue weighted by molar-refractivity contribution is 5.95. The second kappa shape index (κ2) is 9.70. The van der Waals surface area contributed by atoms with Crippen LogP contribution in [-0.4, -0.2) is 36.3 Å². The van der Waals surface area contributed by atoms with Crippen molar-refractivity contribution in [1.82, 2.24) is 4.90 Å². The maximum absolute atomic E-state index is 12.9. The van der Waals surface area contributed by atoms with Gasteiger partial charge in [0.25, 0.3) is 0 Å². The van der Waals surface area contributed by atoms with Gasteiger partial charge in [0.15, 0.2) is 0 Å². The van der Waals surface area contributed by atoms with Gasteiger partial charge in [-0.05, 0) is 55.1 Å². The van der Waals surface area contributed by atoms with Crippen LogP contribution in [-0.2, 0) is 24.2 Å². The largest absolute Gasteiger partial charge is 0.384 e. The maximum Gasteiger partial charge on any atom is 0.227 e. The number of hydrogen-bond donors (Lipinski definition) is 2. The fourth-order valence-electron chi connectivity index (χ4n) is 3.95. The van der Waals surface area contributed by atoms with E-state index >= 15 is 0 Å². The zero-order chi connectivity index (χ0) is 20.8. The molecule has 0 unspecified atom stereocenters. The van der Waals surface area contributed by atoms with Crippen molar-refractivity contribution in [2.45, 2.75) is 46.1 Å². The molecule has 0 aromatic heterocycles. The molecule has 1 amide bonds. The number of amidine groups is 1. The highest BCUT2D eigenvalue weighted by atomic mass is 16.2. The molecule has 3 rings (SSSR count). The Labute approximate surface area is 174 Å². The molecule has 3 N–H and O–H groups in total. The Morgan fingerprint density at radius 3 is 2.45 bits per heavy atom. The lowest BCUT2D eigenvalue weighted by atomic mass is 9.98. The molecular weight excluding hydrogens is 360 g/mol. The first kappa shape index (κ1) is 21.1. The molecule has 0 bridgehead atoms. The van der Waals surface area contributed by atoms with Crippen LogP contribution < -0.4 is 10.6 Å². The number of nitrogens with zero attached hydrogens (tertiary/aromatic N) is 2. The lowest BCUT2D eigenvalue weighted by Crippen LogP contribution is -2.35. The Kier molecular flexibility index (Phi) is 7.04. The summed E-state index contributed by atoms with van der Waals surface area (Å²) >= 11 is 0. The van der Waals surface area contributed by atoms with Gasteiger partial charge in [0, 0.05) is 30.8 Å². The summed E-state index contributed by atoms with van der Waals surface area (Å²) in [5, 5.41) is 7.47. The Hall–Kier alpha value is -2.66. The normalized spacial score (nSPS) is 13.4. The summed E-state index contributed by atoms with van der Waals surface area (Å²) in [6, 6.07) is 14.2. The molecule has 0 saturated carbocycles. The van der Waals surface area contributed by atoms with Gasteiger partial charge < -0.3 is 10.6 Å². The van der Waals surface area contributed by atoms with Gasteiger partial charge >= 0.3 is 0 Å². The molecule has 1 aliphatic heterocycles. The van der Waals surface area contributed by atoms with E-state index in [4.69, 9.17) is 11.1 Å². The minimum atomic E-state index is 0.0675. The van der Waals surface area contributed by atoms with E-state index in [2.05, 4.69) is 36.9 Å². The van der Waals surface area contributed by atoms with Crippen LogP contribution in [0.2, 0.25) is 0 Å². The molecule has 0 aliphatic carbocycles. The molecule has 1 aliphatic rings. The van der Waals surface area contributed by atoms with Crippen molar-refractivity contribution in [3.05, 3.63) is 64.7 Å². The van der Waals surface area contributed by atoms with Crippen LogP contribution in [0.5, 0.6) is 0 Å². The number of nitrogens with two attached hydrogens (primary N) is 1. The molecule has 5 heteroatoms. The van der Waals surface area contributed by atoms with E-state index < -0.39 is 0 Å². The van der Waals surface area contributed by atoms with Gasteiger partial charge in [0.05, 0.1) is 0 Å². The summed E-state index contributed by atoms with van der Waals surface area (Å²) in [4.78, 5) is 17.3. The van der Waals surface area contributed by atoms with E-state index in [1.54, 1.807) is 0 Å². The van der Waals surface area contributed by atoms with Crippen LogP contribution >= 0.6 is 0 Å². The zero-order valence-electron chi connectivity index (χ0n) is 17.6. The Bertz CT molecular complexity index is 856. The molecule has 2 aromatic carbocycles. The second-order valence-corrected chi connectivity index (χ2v) is 7.68. The number of anilines is 1. The number of nitrogens with one attached hydrogen (secondary N) is 1. The van der Waals surface area contributed by atoms with E-state index in [1.165, 1.54) is 11.1 Å². The minimum Gasteiger partial charge on any atom is -0.384 e. The van der Waals surface area contributed by atoms with Gasteiger partial charge in [-0.25, -0.2) is 0 Å². The predicted octanol–water partition coefficient (Wildman–Crippen LogP) is 3.72. The molecule has 1 heterocycles. The molecule has 0 radical (unpaired) electrons. The molecule has 0 fully saturated rings. The van der Waals surface area contributed by atoms with Crippen LogP contribution in [0.1, 0.15) is 48.9 Å². The summed E-state index contributed by atoms with van der Waals surface area (Å²) in [5.41, 5.74) is 11.0. The van der Waals surface area contributed by atoms with Crippen molar-refractivity contribution in [1.29, 1.82) is 5.41 Å². The molecule has 29 heavy (non-hydrogen) atoms. The van der Waals surface area contributed by atoms with Crippen LogP contribution in [0.25, 0.3) is 0 Å². The van der Waals surface area contributed by atoms with Gasteiger partial charge in [-0.3, -0.25) is 15.1 Å². The summed E-state index contributed by atoms with van der Waals surface area (Å²) in [7, 11) is 0. The molecule has 0 spiro atoms. The van der Waals surface area contributed by atoms with Gasteiger partial charge in [-0.15, -0.1) is 0 Å². The Morgan fingerprint density at radius 2 is 1.79 bits per heavy atom. The highest BCUT2D eigenvalue weighted by Crippen LogP contribution is 2.29. The number of aryl methyl sites for hydroxylation is 2. The summed E-state index contributed by atoms with van der Waals surface area (Å²) < 4.78 is 0. The summed E-state index contributed by atoms with van der Waals surface area (Å²) in [6.07, 6.45) is 3.24. The molecule has 0 saturated heterocycles. The van der Waals surface area contributed by atoms with Crippen LogP contribution in [0.3, 0.4) is 0 Å². The average molecular weight is 393 g/mol. The van der Waals surface area contributed by atoms with Crippen molar-refractivity contribution >= 4 is 17.4 Å².